The number of aromatic nitrogens is 1. The number of benzene rings is 2. The lowest BCUT2D eigenvalue weighted by molar-refractivity contribution is 0.103. The number of carbonyl (C=O) groups is 1. The predicted octanol–water partition coefficient (Wildman–Crippen LogP) is 5.86. The summed E-state index contributed by atoms with van der Waals surface area (Å²) in [6, 6.07) is 14.3. The summed E-state index contributed by atoms with van der Waals surface area (Å²) in [6.07, 6.45) is 3.97. The van der Waals surface area contributed by atoms with Crippen LogP contribution in [0.2, 0.25) is 15.1 Å². The van der Waals surface area contributed by atoms with Gasteiger partial charge in [-0.15, -0.1) is 0 Å². The zero-order valence-corrected chi connectivity index (χ0v) is 14.7. The first-order valence-corrected chi connectivity index (χ1v) is 8.35. The average Bonchev–Trinajstić information content (AvgIpc) is 2.55. The molecule has 0 unspecified atom stereocenters. The Balaban J connectivity index is 1.92. The van der Waals surface area contributed by atoms with E-state index in [0.29, 0.717) is 32.6 Å². The zero-order chi connectivity index (χ0) is 17.1. The molecule has 1 heterocycles. The number of halogens is 3. The van der Waals surface area contributed by atoms with Crippen LogP contribution in [0.5, 0.6) is 0 Å². The Morgan fingerprint density at radius 2 is 1.58 bits per heavy atom. The Morgan fingerprint density at radius 1 is 0.875 bits per heavy atom. The predicted molar refractivity (Wildman–Crippen MR) is 98.4 cm³/mol. The Kier molecular flexibility index (Phi) is 5.20. The van der Waals surface area contributed by atoms with Gasteiger partial charge < -0.3 is 0 Å². The molecule has 0 bridgehead atoms. The van der Waals surface area contributed by atoms with Crippen molar-refractivity contribution >= 4 is 40.6 Å². The van der Waals surface area contributed by atoms with Gasteiger partial charge in [-0.05, 0) is 41.8 Å². The maximum absolute atomic E-state index is 12.7. The molecule has 0 saturated carbocycles. The molecule has 0 radical (unpaired) electrons. The van der Waals surface area contributed by atoms with E-state index in [4.69, 9.17) is 34.8 Å². The maximum atomic E-state index is 12.7. The lowest BCUT2D eigenvalue weighted by atomic mass is 9.98. The first kappa shape index (κ1) is 17.0. The Hall–Kier alpha value is -1.87. The van der Waals surface area contributed by atoms with Gasteiger partial charge in [-0.2, -0.15) is 0 Å². The highest BCUT2D eigenvalue weighted by molar-refractivity contribution is 6.41. The summed E-state index contributed by atoms with van der Waals surface area (Å²) in [7, 11) is 0. The molecule has 2 aromatic carbocycles. The molecule has 0 saturated heterocycles. The number of hydrogen-bond acceptors (Lipinski definition) is 2. The van der Waals surface area contributed by atoms with E-state index < -0.39 is 0 Å². The van der Waals surface area contributed by atoms with E-state index in [0.717, 1.165) is 11.1 Å². The van der Waals surface area contributed by atoms with Gasteiger partial charge in [0.1, 0.15) is 0 Å². The maximum Gasteiger partial charge on any atom is 0.196 e. The van der Waals surface area contributed by atoms with Gasteiger partial charge in [-0.25, -0.2) is 0 Å². The second-order valence-electron chi connectivity index (χ2n) is 5.31. The number of rotatable bonds is 4. The van der Waals surface area contributed by atoms with Crippen LogP contribution in [0.25, 0.3) is 0 Å². The van der Waals surface area contributed by atoms with Gasteiger partial charge in [0.05, 0.1) is 20.6 Å². The fourth-order valence-electron chi connectivity index (χ4n) is 2.47. The second kappa shape index (κ2) is 7.35. The molecule has 0 aliphatic heterocycles. The molecule has 120 valence electrons. The van der Waals surface area contributed by atoms with E-state index >= 15 is 0 Å². The number of pyridine rings is 1. The van der Waals surface area contributed by atoms with E-state index in [1.165, 1.54) is 0 Å². The van der Waals surface area contributed by atoms with E-state index in [9.17, 15) is 4.79 Å². The molecule has 2 nitrogen and oxygen atoms in total. The quantitative estimate of drug-likeness (QED) is 0.533. The van der Waals surface area contributed by atoms with Crippen molar-refractivity contribution in [3.8, 4) is 0 Å². The lowest BCUT2D eigenvalue weighted by Crippen LogP contribution is -2.04. The van der Waals surface area contributed by atoms with Crippen LogP contribution >= 0.6 is 34.8 Å². The van der Waals surface area contributed by atoms with E-state index in [2.05, 4.69) is 4.98 Å². The van der Waals surface area contributed by atoms with Gasteiger partial charge in [-0.3, -0.25) is 9.78 Å². The molecule has 3 aromatic rings. The van der Waals surface area contributed by atoms with Crippen LogP contribution in [-0.2, 0) is 6.42 Å². The van der Waals surface area contributed by atoms with Gasteiger partial charge in [0.25, 0.3) is 0 Å². The smallest absolute Gasteiger partial charge is 0.196 e. The van der Waals surface area contributed by atoms with Crippen LogP contribution in [0.4, 0.5) is 0 Å². The van der Waals surface area contributed by atoms with Crippen molar-refractivity contribution in [3.63, 3.8) is 0 Å². The largest absolute Gasteiger partial charge is 0.288 e. The minimum absolute atomic E-state index is 0.198. The minimum atomic E-state index is -0.198. The third-order valence-corrected chi connectivity index (χ3v) is 4.39. The molecule has 0 spiro atoms. The summed E-state index contributed by atoms with van der Waals surface area (Å²) in [5.74, 6) is -0.198. The van der Waals surface area contributed by atoms with Gasteiger partial charge in [-0.1, -0.05) is 59.1 Å². The SMILES string of the molecule is O=C(c1cccc(Cc2cncc(Cl)c2)c1)c1c(Cl)cccc1Cl. The van der Waals surface area contributed by atoms with Crippen molar-refractivity contribution in [2.45, 2.75) is 6.42 Å². The minimum Gasteiger partial charge on any atom is -0.288 e. The van der Waals surface area contributed by atoms with Crippen molar-refractivity contribution in [3.05, 3.63) is 98.2 Å². The van der Waals surface area contributed by atoms with Gasteiger partial charge in [0.15, 0.2) is 5.78 Å². The zero-order valence-electron chi connectivity index (χ0n) is 12.5. The number of carbonyl (C=O) groups excluding carboxylic acids is 1. The highest BCUT2D eigenvalue weighted by Crippen LogP contribution is 2.27. The van der Waals surface area contributed by atoms with Crippen LogP contribution in [0.3, 0.4) is 0 Å². The number of nitrogens with zero attached hydrogens (tertiary/aromatic N) is 1. The van der Waals surface area contributed by atoms with Gasteiger partial charge >= 0.3 is 0 Å². The third kappa shape index (κ3) is 3.78. The van der Waals surface area contributed by atoms with E-state index in [-0.39, 0.29) is 5.78 Å². The first-order chi connectivity index (χ1) is 11.5. The fraction of sp³-hybridized carbons (Fsp3) is 0.0526. The van der Waals surface area contributed by atoms with Crippen LogP contribution in [0.1, 0.15) is 27.0 Å². The van der Waals surface area contributed by atoms with Crippen molar-refractivity contribution in [2.75, 3.05) is 0 Å². The Bertz CT molecular complexity index is 888. The average molecular weight is 377 g/mol. The molecule has 0 amide bonds. The molecule has 5 heteroatoms. The molecular formula is C19H12Cl3NO. The van der Waals surface area contributed by atoms with Gasteiger partial charge in [0, 0.05) is 18.0 Å². The van der Waals surface area contributed by atoms with Crippen molar-refractivity contribution in [2.24, 2.45) is 0 Å². The Labute approximate surface area is 155 Å². The van der Waals surface area contributed by atoms with Crippen molar-refractivity contribution in [1.82, 2.24) is 4.98 Å². The number of ketones is 1. The molecule has 1 aromatic heterocycles. The molecule has 0 fully saturated rings. The number of hydrogen-bond donors (Lipinski definition) is 0. The Morgan fingerprint density at radius 3 is 2.29 bits per heavy atom. The standard InChI is InChI=1S/C19H12Cl3NO/c20-15-9-13(10-23-11-15)7-12-3-1-4-14(8-12)19(24)18-16(21)5-2-6-17(18)22/h1-6,8-11H,7H2. The van der Waals surface area contributed by atoms with E-state index in [1.807, 2.05) is 24.3 Å². The molecule has 0 aliphatic rings. The molecule has 0 atom stereocenters. The van der Waals surface area contributed by atoms with Crippen LogP contribution in [0, 0.1) is 0 Å². The summed E-state index contributed by atoms with van der Waals surface area (Å²) in [5.41, 5.74) is 2.82. The lowest BCUT2D eigenvalue weighted by Gasteiger charge is -2.08. The fourth-order valence-corrected chi connectivity index (χ4v) is 3.24. The summed E-state index contributed by atoms with van der Waals surface area (Å²) >= 11 is 18.2. The summed E-state index contributed by atoms with van der Waals surface area (Å²) in [6.45, 7) is 0. The highest BCUT2D eigenvalue weighted by atomic mass is 35.5. The highest BCUT2D eigenvalue weighted by Gasteiger charge is 2.16. The molecular weight excluding hydrogens is 365 g/mol. The molecule has 3 rings (SSSR count). The summed E-state index contributed by atoms with van der Waals surface area (Å²) in [4.78, 5) is 16.8. The topological polar surface area (TPSA) is 30.0 Å². The first-order valence-electron chi connectivity index (χ1n) is 7.21. The van der Waals surface area contributed by atoms with Crippen molar-refractivity contribution < 1.29 is 4.79 Å². The normalized spacial score (nSPS) is 10.6. The summed E-state index contributed by atoms with van der Waals surface area (Å²) < 4.78 is 0. The summed E-state index contributed by atoms with van der Waals surface area (Å²) in [5, 5.41) is 1.27. The molecule has 24 heavy (non-hydrogen) atoms. The van der Waals surface area contributed by atoms with Crippen molar-refractivity contribution in [1.29, 1.82) is 0 Å². The second-order valence-corrected chi connectivity index (χ2v) is 6.57. The van der Waals surface area contributed by atoms with Crippen LogP contribution < -0.4 is 0 Å². The van der Waals surface area contributed by atoms with Crippen LogP contribution in [-0.4, -0.2) is 10.8 Å². The third-order valence-electron chi connectivity index (χ3n) is 3.55. The monoisotopic (exact) mass is 375 g/mol. The van der Waals surface area contributed by atoms with E-state index in [1.54, 1.807) is 36.7 Å². The van der Waals surface area contributed by atoms with Crippen LogP contribution in [0.15, 0.2) is 60.9 Å². The molecule has 0 N–H and O–H groups in total. The van der Waals surface area contributed by atoms with Gasteiger partial charge in [0.2, 0.25) is 0 Å². The molecule has 0 aliphatic carbocycles.